The van der Waals surface area contributed by atoms with Gasteiger partial charge in [-0.25, -0.2) is 14.4 Å². The van der Waals surface area contributed by atoms with Crippen LogP contribution in [0.1, 0.15) is 0 Å². The van der Waals surface area contributed by atoms with Crippen LogP contribution in [0.25, 0.3) is 33.6 Å². The van der Waals surface area contributed by atoms with Crippen LogP contribution in [-0.2, 0) is 7.05 Å². The molecule has 156 valence electrons. The minimum atomic E-state index is -0.631. The van der Waals surface area contributed by atoms with Gasteiger partial charge in [0.1, 0.15) is 12.3 Å². The van der Waals surface area contributed by atoms with Gasteiger partial charge < -0.3 is 9.40 Å². The van der Waals surface area contributed by atoms with Crippen LogP contribution in [0.15, 0.2) is 53.6 Å². The summed E-state index contributed by atoms with van der Waals surface area (Å²) in [5.41, 5.74) is 3.69. The summed E-state index contributed by atoms with van der Waals surface area (Å²) in [4.78, 5) is 13.1. The van der Waals surface area contributed by atoms with Gasteiger partial charge in [0, 0.05) is 48.3 Å². The van der Waals surface area contributed by atoms with Crippen LogP contribution in [0.5, 0.6) is 0 Å². The van der Waals surface area contributed by atoms with Crippen LogP contribution in [0.3, 0.4) is 0 Å². The van der Waals surface area contributed by atoms with E-state index in [9.17, 15) is 4.39 Å². The fourth-order valence-corrected chi connectivity index (χ4v) is 3.55. The summed E-state index contributed by atoms with van der Waals surface area (Å²) in [7, 11) is 1.86. The van der Waals surface area contributed by atoms with Crippen molar-refractivity contribution >= 4 is 34.3 Å². The maximum atomic E-state index is 13.2. The van der Waals surface area contributed by atoms with Crippen molar-refractivity contribution in [3.05, 3.63) is 54.3 Å². The molecule has 5 heterocycles. The molecule has 1 N–H and O–H groups in total. The number of pyridine rings is 2. The first kappa shape index (κ1) is 19.2. The number of rotatable bonds is 6. The van der Waals surface area contributed by atoms with Crippen LogP contribution in [0.2, 0.25) is 5.15 Å². The third-order valence-corrected chi connectivity index (χ3v) is 5.07. The Bertz CT molecular complexity index is 1360. The molecule has 0 unspecified atom stereocenters. The second kappa shape index (κ2) is 7.80. The zero-order valence-electron chi connectivity index (χ0n) is 16.3. The summed E-state index contributed by atoms with van der Waals surface area (Å²) in [5, 5.41) is 13.5. The minimum Gasteiger partial charge on any atom is -0.403 e. The number of H-pyrrole nitrogens is 1. The molecule has 0 saturated heterocycles. The number of nitrogens with zero attached hydrogens (tertiary/aromatic N) is 7. The third kappa shape index (κ3) is 3.50. The summed E-state index contributed by atoms with van der Waals surface area (Å²) in [6, 6.07) is 5.51. The minimum absolute atomic E-state index is 0.00631. The molecule has 0 saturated carbocycles. The highest BCUT2D eigenvalue weighted by atomic mass is 35.5. The molecule has 0 bridgehead atoms. The number of nitrogens with one attached hydrogen (secondary N) is 1. The summed E-state index contributed by atoms with van der Waals surface area (Å²) >= 11 is 6.18. The molecule has 0 aliphatic carbocycles. The SMILES string of the molecule is Cn1cc(-c2cnc3[nH]cc(-c4nnc(N(CCF)c5cccnc5Cl)o4)c3c2)cn1. The molecular formula is C20H16ClFN8O. The lowest BCUT2D eigenvalue weighted by Gasteiger charge is -2.18. The topological polar surface area (TPSA) is 102 Å². The van der Waals surface area contributed by atoms with Crippen LogP contribution >= 0.6 is 11.6 Å². The number of hydrogen-bond acceptors (Lipinski definition) is 7. The number of hydrogen-bond donors (Lipinski definition) is 1. The summed E-state index contributed by atoms with van der Waals surface area (Å²) in [5.74, 6) is 0.273. The Hall–Kier alpha value is -3.79. The Balaban J connectivity index is 1.55. The molecule has 0 radical (unpaired) electrons. The monoisotopic (exact) mass is 438 g/mol. The molecule has 5 aromatic heterocycles. The van der Waals surface area contributed by atoms with Crippen molar-refractivity contribution in [1.29, 1.82) is 0 Å². The largest absolute Gasteiger partial charge is 0.403 e. The molecule has 0 amide bonds. The second-order valence-electron chi connectivity index (χ2n) is 6.77. The Morgan fingerprint density at radius 3 is 2.90 bits per heavy atom. The number of halogens is 2. The molecule has 0 spiro atoms. The zero-order chi connectivity index (χ0) is 21.4. The molecule has 11 heteroatoms. The van der Waals surface area contributed by atoms with Crippen molar-refractivity contribution in [2.75, 3.05) is 18.1 Å². The molecule has 0 atom stereocenters. The molecule has 0 aliphatic heterocycles. The highest BCUT2D eigenvalue weighted by molar-refractivity contribution is 6.32. The van der Waals surface area contributed by atoms with Crippen LogP contribution in [0.4, 0.5) is 16.1 Å². The van der Waals surface area contributed by atoms with E-state index in [1.807, 2.05) is 19.3 Å². The molecule has 5 rings (SSSR count). The maximum absolute atomic E-state index is 13.2. The Kier molecular flexibility index (Phi) is 4.83. The van der Waals surface area contributed by atoms with Gasteiger partial charge in [0.2, 0.25) is 0 Å². The smallest absolute Gasteiger partial charge is 0.323 e. The van der Waals surface area contributed by atoms with E-state index >= 15 is 0 Å². The first-order valence-electron chi connectivity index (χ1n) is 9.38. The number of aromatic nitrogens is 7. The first-order valence-corrected chi connectivity index (χ1v) is 9.76. The molecular weight excluding hydrogens is 423 g/mol. The fraction of sp³-hybridized carbons (Fsp3) is 0.150. The van der Waals surface area contributed by atoms with Gasteiger partial charge in [0.05, 0.1) is 24.0 Å². The van der Waals surface area contributed by atoms with Crippen molar-refractivity contribution in [3.63, 3.8) is 0 Å². The zero-order valence-corrected chi connectivity index (χ0v) is 17.1. The van der Waals surface area contributed by atoms with Gasteiger partial charge >= 0.3 is 6.01 Å². The fourth-order valence-electron chi connectivity index (χ4n) is 3.32. The van der Waals surface area contributed by atoms with E-state index in [-0.39, 0.29) is 23.6 Å². The Labute approximate surface area is 180 Å². The predicted octanol–water partition coefficient (Wildman–Crippen LogP) is 4.17. The van der Waals surface area contributed by atoms with Crippen molar-refractivity contribution < 1.29 is 8.81 Å². The number of aromatic amines is 1. The van der Waals surface area contributed by atoms with Crippen LogP contribution in [-0.4, -0.2) is 48.1 Å². The van der Waals surface area contributed by atoms with E-state index in [0.717, 1.165) is 16.5 Å². The molecule has 0 fully saturated rings. The summed E-state index contributed by atoms with van der Waals surface area (Å²) in [6.45, 7) is -0.637. The highest BCUT2D eigenvalue weighted by Crippen LogP contribution is 2.34. The predicted molar refractivity (Wildman–Crippen MR) is 114 cm³/mol. The number of alkyl halides is 1. The van der Waals surface area contributed by atoms with Crippen LogP contribution < -0.4 is 4.90 Å². The van der Waals surface area contributed by atoms with E-state index in [4.69, 9.17) is 16.0 Å². The van der Waals surface area contributed by atoms with E-state index in [0.29, 0.717) is 16.9 Å². The van der Waals surface area contributed by atoms with Gasteiger partial charge in [-0.15, -0.1) is 5.10 Å². The quantitative estimate of drug-likeness (QED) is 0.397. The van der Waals surface area contributed by atoms with Gasteiger partial charge in [-0.3, -0.25) is 9.58 Å². The van der Waals surface area contributed by atoms with E-state index in [2.05, 4.69) is 30.2 Å². The highest BCUT2D eigenvalue weighted by Gasteiger charge is 2.21. The van der Waals surface area contributed by atoms with E-state index in [1.54, 1.807) is 41.6 Å². The second-order valence-corrected chi connectivity index (χ2v) is 7.13. The molecule has 31 heavy (non-hydrogen) atoms. The van der Waals surface area contributed by atoms with E-state index < -0.39 is 6.67 Å². The lowest BCUT2D eigenvalue weighted by atomic mass is 10.1. The van der Waals surface area contributed by atoms with Gasteiger partial charge in [-0.05, 0) is 18.2 Å². The summed E-state index contributed by atoms with van der Waals surface area (Å²) < 4.78 is 20.9. The number of anilines is 2. The average molecular weight is 439 g/mol. The Morgan fingerprint density at radius 1 is 1.23 bits per heavy atom. The normalized spacial score (nSPS) is 11.3. The molecule has 9 nitrogen and oxygen atoms in total. The molecule has 5 aromatic rings. The van der Waals surface area contributed by atoms with Crippen molar-refractivity contribution in [3.8, 4) is 22.6 Å². The van der Waals surface area contributed by atoms with Gasteiger partial charge in [-0.2, -0.15) is 5.10 Å². The van der Waals surface area contributed by atoms with Crippen LogP contribution in [0, 0.1) is 0 Å². The number of fused-ring (bicyclic) bond motifs is 1. The van der Waals surface area contributed by atoms with Gasteiger partial charge in [0.25, 0.3) is 5.89 Å². The lowest BCUT2D eigenvalue weighted by Crippen LogP contribution is -2.20. The Morgan fingerprint density at radius 2 is 2.13 bits per heavy atom. The van der Waals surface area contributed by atoms with E-state index in [1.165, 1.54) is 4.90 Å². The number of aryl methyl sites for hydroxylation is 1. The van der Waals surface area contributed by atoms with Crippen molar-refractivity contribution in [2.45, 2.75) is 0 Å². The van der Waals surface area contributed by atoms with Crippen molar-refractivity contribution in [2.24, 2.45) is 7.05 Å². The molecule has 0 aromatic carbocycles. The maximum Gasteiger partial charge on any atom is 0.323 e. The lowest BCUT2D eigenvalue weighted by molar-refractivity contribution is 0.485. The van der Waals surface area contributed by atoms with Crippen molar-refractivity contribution in [1.82, 2.24) is 34.9 Å². The van der Waals surface area contributed by atoms with Gasteiger partial charge in [-0.1, -0.05) is 16.7 Å². The standard InChI is InChI=1S/C20H16ClFN8O/c1-29-11-13(9-26-29)12-7-14-15(10-25-18(14)24-8-12)19-27-28-20(31-19)30(6-4-22)16-3-2-5-23-17(16)21/h2-3,5,7-11H,4,6H2,1H3,(H,24,25). The first-order chi connectivity index (χ1) is 15.1. The van der Waals surface area contributed by atoms with Gasteiger partial charge in [0.15, 0.2) is 5.15 Å². The third-order valence-electron chi connectivity index (χ3n) is 4.78. The average Bonchev–Trinajstić information content (AvgIpc) is 3.51. The molecule has 0 aliphatic rings. The summed E-state index contributed by atoms with van der Waals surface area (Å²) in [6.07, 6.45) is 8.75.